The lowest BCUT2D eigenvalue weighted by Gasteiger charge is -2.02. The maximum Gasteiger partial charge on any atom is 0.291 e. The highest BCUT2D eigenvalue weighted by molar-refractivity contribution is 6.30. The summed E-state index contributed by atoms with van der Waals surface area (Å²) >= 11 is 5.91. The number of aryl methyl sites for hydroxylation is 1. The van der Waals surface area contributed by atoms with E-state index in [1.165, 1.54) is 0 Å². The van der Waals surface area contributed by atoms with Crippen LogP contribution in [0.1, 0.15) is 32.2 Å². The van der Waals surface area contributed by atoms with Crippen LogP contribution < -0.4 is 5.32 Å². The summed E-state index contributed by atoms with van der Waals surface area (Å²) in [6.07, 6.45) is 0. The molecule has 0 aliphatic rings. The highest BCUT2D eigenvalue weighted by Crippen LogP contribution is 2.30. The van der Waals surface area contributed by atoms with Crippen LogP contribution in [0.4, 0.5) is 5.69 Å². The Morgan fingerprint density at radius 2 is 1.65 bits per heavy atom. The number of furan rings is 2. The Bertz CT molecular complexity index is 1430. The zero-order chi connectivity index (χ0) is 21.5. The van der Waals surface area contributed by atoms with Crippen LogP contribution in [0.25, 0.3) is 21.9 Å². The van der Waals surface area contributed by atoms with E-state index in [4.69, 9.17) is 20.4 Å². The quantitative estimate of drug-likeness (QED) is 0.325. The van der Waals surface area contributed by atoms with Gasteiger partial charge in [0.05, 0.1) is 0 Å². The number of rotatable bonds is 4. The highest BCUT2D eigenvalue weighted by Gasteiger charge is 2.20. The molecule has 0 bridgehead atoms. The van der Waals surface area contributed by atoms with Gasteiger partial charge in [-0.3, -0.25) is 9.59 Å². The van der Waals surface area contributed by atoms with Crippen LogP contribution in [0.3, 0.4) is 0 Å². The standard InChI is InChI=1S/C25H16ClNO4/c1-14-19-11-10-18(27-25(29)22-12-16-4-2-3-5-20(16)30-22)13-21(19)31-24(14)23(28)15-6-8-17(26)9-7-15/h2-13H,1H3,(H,27,29). The molecule has 0 spiro atoms. The Balaban J connectivity index is 1.44. The summed E-state index contributed by atoms with van der Waals surface area (Å²) in [6, 6.07) is 21.1. The fourth-order valence-electron chi connectivity index (χ4n) is 3.54. The monoisotopic (exact) mass is 429 g/mol. The molecule has 5 nitrogen and oxygen atoms in total. The fraction of sp³-hybridized carbons (Fsp3) is 0.0400. The van der Waals surface area contributed by atoms with Crippen molar-refractivity contribution < 1.29 is 18.4 Å². The molecule has 1 amide bonds. The van der Waals surface area contributed by atoms with Gasteiger partial charge in [0.2, 0.25) is 5.78 Å². The molecule has 152 valence electrons. The Labute approximate surface area is 182 Å². The summed E-state index contributed by atoms with van der Waals surface area (Å²) in [4.78, 5) is 25.5. The summed E-state index contributed by atoms with van der Waals surface area (Å²) < 4.78 is 11.5. The highest BCUT2D eigenvalue weighted by atomic mass is 35.5. The average molecular weight is 430 g/mol. The zero-order valence-electron chi connectivity index (χ0n) is 16.4. The molecule has 5 aromatic rings. The maximum atomic E-state index is 12.9. The number of anilines is 1. The summed E-state index contributed by atoms with van der Waals surface area (Å²) in [5.41, 5.74) is 2.93. The number of carbonyl (C=O) groups is 2. The predicted molar refractivity (Wildman–Crippen MR) is 120 cm³/mol. The van der Waals surface area contributed by atoms with Crippen molar-refractivity contribution in [3.05, 3.63) is 100 Å². The van der Waals surface area contributed by atoms with Gasteiger partial charge in [0, 0.05) is 38.7 Å². The van der Waals surface area contributed by atoms with Gasteiger partial charge in [-0.1, -0.05) is 29.8 Å². The van der Waals surface area contributed by atoms with Gasteiger partial charge < -0.3 is 14.2 Å². The number of para-hydroxylation sites is 1. The van der Waals surface area contributed by atoms with Gasteiger partial charge in [-0.15, -0.1) is 0 Å². The minimum Gasteiger partial charge on any atom is -0.452 e. The molecular weight excluding hydrogens is 414 g/mol. The second-order valence-electron chi connectivity index (χ2n) is 7.21. The van der Waals surface area contributed by atoms with Gasteiger partial charge in [-0.2, -0.15) is 0 Å². The van der Waals surface area contributed by atoms with E-state index in [1.54, 1.807) is 42.5 Å². The molecule has 3 aromatic carbocycles. The number of fused-ring (bicyclic) bond motifs is 2. The molecule has 0 radical (unpaired) electrons. The normalized spacial score (nSPS) is 11.2. The van der Waals surface area contributed by atoms with Crippen LogP contribution >= 0.6 is 11.6 Å². The maximum absolute atomic E-state index is 12.9. The number of nitrogens with one attached hydrogen (secondary N) is 1. The SMILES string of the molecule is Cc1c(C(=O)c2ccc(Cl)cc2)oc2cc(NC(=O)c3cc4ccccc4o3)ccc12. The molecule has 0 aliphatic carbocycles. The van der Waals surface area contributed by atoms with Crippen molar-refractivity contribution in [3.8, 4) is 0 Å². The summed E-state index contributed by atoms with van der Waals surface area (Å²) in [5.74, 6) is -0.108. The van der Waals surface area contributed by atoms with Gasteiger partial charge >= 0.3 is 0 Å². The van der Waals surface area contributed by atoms with E-state index < -0.39 is 0 Å². The average Bonchev–Trinajstić information content (AvgIpc) is 3.35. The first-order valence-electron chi connectivity index (χ1n) is 9.63. The first kappa shape index (κ1) is 19.2. The summed E-state index contributed by atoms with van der Waals surface area (Å²) in [6.45, 7) is 1.83. The third-order valence-corrected chi connectivity index (χ3v) is 5.41. The smallest absolute Gasteiger partial charge is 0.291 e. The van der Waals surface area contributed by atoms with Crippen molar-refractivity contribution in [2.45, 2.75) is 6.92 Å². The van der Waals surface area contributed by atoms with E-state index in [0.717, 1.165) is 16.3 Å². The van der Waals surface area contributed by atoms with Crippen molar-refractivity contribution >= 4 is 50.9 Å². The van der Waals surface area contributed by atoms with Crippen LogP contribution in [0.15, 0.2) is 81.6 Å². The lowest BCUT2D eigenvalue weighted by atomic mass is 10.0. The molecular formula is C25H16ClNO4. The van der Waals surface area contributed by atoms with E-state index >= 15 is 0 Å². The molecule has 0 saturated carbocycles. The Kier molecular flexibility index (Phi) is 4.60. The molecule has 0 fully saturated rings. The largest absolute Gasteiger partial charge is 0.452 e. The Hall–Kier alpha value is -3.83. The van der Waals surface area contributed by atoms with Crippen LogP contribution in [0.2, 0.25) is 5.02 Å². The minimum atomic E-state index is -0.365. The molecule has 1 N–H and O–H groups in total. The zero-order valence-corrected chi connectivity index (χ0v) is 17.2. The van der Waals surface area contributed by atoms with E-state index in [2.05, 4.69) is 5.32 Å². The number of ketones is 1. The molecule has 5 rings (SSSR count). The number of hydrogen-bond donors (Lipinski definition) is 1. The van der Waals surface area contributed by atoms with E-state index in [9.17, 15) is 9.59 Å². The molecule has 0 unspecified atom stereocenters. The number of benzene rings is 3. The Morgan fingerprint density at radius 3 is 2.42 bits per heavy atom. The first-order valence-corrected chi connectivity index (χ1v) is 10.0. The van der Waals surface area contributed by atoms with Crippen LogP contribution in [-0.2, 0) is 0 Å². The molecule has 31 heavy (non-hydrogen) atoms. The molecule has 2 aromatic heterocycles. The molecule has 0 atom stereocenters. The minimum absolute atomic E-state index is 0.218. The summed E-state index contributed by atoms with van der Waals surface area (Å²) in [7, 11) is 0. The first-order chi connectivity index (χ1) is 15.0. The molecule has 0 aliphatic heterocycles. The van der Waals surface area contributed by atoms with Gasteiger partial charge in [0.25, 0.3) is 5.91 Å². The number of amides is 1. The van der Waals surface area contributed by atoms with E-state index in [-0.39, 0.29) is 23.2 Å². The van der Waals surface area contributed by atoms with Crippen molar-refractivity contribution in [1.29, 1.82) is 0 Å². The fourth-order valence-corrected chi connectivity index (χ4v) is 3.66. The van der Waals surface area contributed by atoms with Crippen molar-refractivity contribution in [1.82, 2.24) is 0 Å². The van der Waals surface area contributed by atoms with Gasteiger partial charge in [-0.25, -0.2) is 0 Å². The van der Waals surface area contributed by atoms with Crippen molar-refractivity contribution in [3.63, 3.8) is 0 Å². The van der Waals surface area contributed by atoms with Crippen molar-refractivity contribution in [2.24, 2.45) is 0 Å². The Morgan fingerprint density at radius 1 is 0.871 bits per heavy atom. The third-order valence-electron chi connectivity index (χ3n) is 5.16. The van der Waals surface area contributed by atoms with Crippen molar-refractivity contribution in [2.75, 3.05) is 5.32 Å². The topological polar surface area (TPSA) is 72.5 Å². The second-order valence-corrected chi connectivity index (χ2v) is 7.64. The predicted octanol–water partition coefficient (Wildman–Crippen LogP) is 6.62. The number of hydrogen-bond acceptors (Lipinski definition) is 4. The van der Waals surface area contributed by atoms with Gasteiger partial charge in [0.1, 0.15) is 11.2 Å². The number of carbonyl (C=O) groups excluding carboxylic acids is 2. The molecule has 2 heterocycles. The lowest BCUT2D eigenvalue weighted by molar-refractivity contribution is 0.0995. The van der Waals surface area contributed by atoms with Crippen LogP contribution in [0, 0.1) is 6.92 Å². The molecule has 0 saturated heterocycles. The van der Waals surface area contributed by atoms with E-state index in [0.29, 0.717) is 27.4 Å². The number of halogens is 1. The summed E-state index contributed by atoms with van der Waals surface area (Å²) in [5, 5.41) is 5.03. The van der Waals surface area contributed by atoms with Crippen LogP contribution in [-0.4, -0.2) is 11.7 Å². The van der Waals surface area contributed by atoms with E-state index in [1.807, 2.05) is 37.3 Å². The van der Waals surface area contributed by atoms with Gasteiger partial charge in [-0.05, 0) is 55.5 Å². The van der Waals surface area contributed by atoms with Gasteiger partial charge in [0.15, 0.2) is 11.5 Å². The third kappa shape index (κ3) is 3.49. The molecule has 6 heteroatoms. The lowest BCUT2D eigenvalue weighted by Crippen LogP contribution is -2.10. The second kappa shape index (κ2) is 7.45. The van der Waals surface area contributed by atoms with Crippen LogP contribution in [0.5, 0.6) is 0 Å².